The number of carbonyl (C=O) groups is 1. The first-order valence-electron chi connectivity index (χ1n) is 8.43. The van der Waals surface area contributed by atoms with E-state index in [9.17, 15) is 14.9 Å². The average Bonchev–Trinajstić information content (AvgIpc) is 3.39. The summed E-state index contributed by atoms with van der Waals surface area (Å²) in [7, 11) is 0. The van der Waals surface area contributed by atoms with Crippen molar-refractivity contribution < 1.29 is 14.1 Å². The highest BCUT2D eigenvalue weighted by atomic mass is 16.6. The Morgan fingerprint density at radius 3 is 2.71 bits per heavy atom. The SMILES string of the molecule is CC1=NN(c2ccccc2)C(=O)/C1=C\c1ccc(Cn2cc([N+](=O)[O-])cn2)o1. The Morgan fingerprint density at radius 1 is 1.21 bits per heavy atom. The standard InChI is InChI=1S/C19H15N5O4/c1-13-18(19(25)23(21-13)14-5-3-2-4-6-14)9-16-7-8-17(28-16)12-22-11-15(10-20-22)24(26)27/h2-11H,12H2,1H3/b18-9-. The van der Waals surface area contributed by atoms with E-state index in [1.807, 2.05) is 30.3 Å². The van der Waals surface area contributed by atoms with Crippen molar-refractivity contribution in [3.63, 3.8) is 0 Å². The zero-order valence-corrected chi connectivity index (χ0v) is 14.8. The minimum Gasteiger partial charge on any atom is -0.460 e. The van der Waals surface area contributed by atoms with Gasteiger partial charge < -0.3 is 4.42 Å². The molecule has 2 aromatic heterocycles. The molecule has 9 nitrogen and oxygen atoms in total. The summed E-state index contributed by atoms with van der Waals surface area (Å²) in [6, 6.07) is 12.6. The van der Waals surface area contributed by atoms with Crippen LogP contribution in [-0.2, 0) is 11.3 Å². The molecule has 1 aliphatic heterocycles. The number of hydrogen-bond acceptors (Lipinski definition) is 6. The molecule has 28 heavy (non-hydrogen) atoms. The summed E-state index contributed by atoms with van der Waals surface area (Å²) >= 11 is 0. The Balaban J connectivity index is 1.52. The van der Waals surface area contributed by atoms with Crippen LogP contribution in [0, 0.1) is 10.1 Å². The van der Waals surface area contributed by atoms with Gasteiger partial charge >= 0.3 is 5.69 Å². The number of furan rings is 1. The quantitative estimate of drug-likeness (QED) is 0.385. The Bertz CT molecular complexity index is 1110. The molecule has 9 heteroatoms. The molecule has 0 spiro atoms. The molecular formula is C19H15N5O4. The molecule has 0 atom stereocenters. The van der Waals surface area contributed by atoms with Gasteiger partial charge in [-0.25, -0.2) is 0 Å². The molecule has 3 heterocycles. The first kappa shape index (κ1) is 17.4. The number of anilines is 1. The highest BCUT2D eigenvalue weighted by molar-refractivity contribution is 6.32. The van der Waals surface area contributed by atoms with Crippen LogP contribution < -0.4 is 5.01 Å². The Labute approximate surface area is 159 Å². The Kier molecular flexibility index (Phi) is 4.32. The van der Waals surface area contributed by atoms with E-state index in [4.69, 9.17) is 4.42 Å². The minimum absolute atomic E-state index is 0.0849. The van der Waals surface area contributed by atoms with E-state index in [1.165, 1.54) is 22.1 Å². The summed E-state index contributed by atoms with van der Waals surface area (Å²) < 4.78 is 7.14. The number of carbonyl (C=O) groups excluding carboxylic acids is 1. The lowest BCUT2D eigenvalue weighted by atomic mass is 10.1. The number of nitro groups is 1. The first-order chi connectivity index (χ1) is 13.5. The van der Waals surface area contributed by atoms with Crippen LogP contribution in [0.4, 0.5) is 11.4 Å². The summed E-state index contributed by atoms with van der Waals surface area (Å²) in [5.41, 5.74) is 1.64. The Hall–Kier alpha value is -4.01. The summed E-state index contributed by atoms with van der Waals surface area (Å²) in [6.07, 6.45) is 4.15. The number of hydrogen-bond donors (Lipinski definition) is 0. The molecule has 0 N–H and O–H groups in total. The lowest BCUT2D eigenvalue weighted by Gasteiger charge is -2.10. The van der Waals surface area contributed by atoms with E-state index in [1.54, 1.807) is 25.1 Å². The molecule has 1 aliphatic rings. The maximum Gasteiger partial charge on any atom is 0.307 e. The van der Waals surface area contributed by atoms with E-state index in [2.05, 4.69) is 10.2 Å². The molecule has 0 fully saturated rings. The fourth-order valence-corrected chi connectivity index (χ4v) is 2.82. The van der Waals surface area contributed by atoms with Gasteiger partial charge in [0.15, 0.2) is 0 Å². The summed E-state index contributed by atoms with van der Waals surface area (Å²) in [5, 5.41) is 20.3. The number of amides is 1. The first-order valence-corrected chi connectivity index (χ1v) is 8.43. The maximum atomic E-state index is 12.7. The van der Waals surface area contributed by atoms with Crippen molar-refractivity contribution in [2.75, 3.05) is 5.01 Å². The van der Waals surface area contributed by atoms with Crippen molar-refractivity contribution in [1.29, 1.82) is 0 Å². The van der Waals surface area contributed by atoms with E-state index in [-0.39, 0.29) is 18.1 Å². The van der Waals surface area contributed by atoms with Crippen molar-refractivity contribution in [3.05, 3.63) is 82.1 Å². The van der Waals surface area contributed by atoms with Crippen LogP contribution in [0.1, 0.15) is 18.4 Å². The number of nitrogens with zero attached hydrogens (tertiary/aromatic N) is 5. The largest absolute Gasteiger partial charge is 0.460 e. The lowest BCUT2D eigenvalue weighted by Crippen LogP contribution is -2.21. The second kappa shape index (κ2) is 6.95. The van der Waals surface area contributed by atoms with Gasteiger partial charge in [-0.05, 0) is 37.3 Å². The number of aromatic nitrogens is 2. The van der Waals surface area contributed by atoms with Crippen LogP contribution >= 0.6 is 0 Å². The molecule has 0 saturated carbocycles. The van der Waals surface area contributed by atoms with Crippen molar-refractivity contribution in [1.82, 2.24) is 9.78 Å². The van der Waals surface area contributed by atoms with Crippen LogP contribution in [0.5, 0.6) is 0 Å². The van der Waals surface area contributed by atoms with E-state index >= 15 is 0 Å². The number of hydrazone groups is 1. The average molecular weight is 377 g/mol. The third-order valence-electron chi connectivity index (χ3n) is 4.18. The molecule has 3 aromatic rings. The zero-order valence-electron chi connectivity index (χ0n) is 14.8. The molecular weight excluding hydrogens is 362 g/mol. The summed E-state index contributed by atoms with van der Waals surface area (Å²) in [6.45, 7) is 2.01. The van der Waals surface area contributed by atoms with Crippen molar-refractivity contribution in [2.45, 2.75) is 13.5 Å². The van der Waals surface area contributed by atoms with E-state index in [0.717, 1.165) is 0 Å². The third-order valence-corrected chi connectivity index (χ3v) is 4.18. The van der Waals surface area contributed by atoms with Gasteiger partial charge in [-0.1, -0.05) is 18.2 Å². The van der Waals surface area contributed by atoms with Crippen LogP contribution in [0.2, 0.25) is 0 Å². The van der Waals surface area contributed by atoms with Crippen LogP contribution in [0.3, 0.4) is 0 Å². The van der Waals surface area contributed by atoms with Gasteiger partial charge in [0.2, 0.25) is 0 Å². The Morgan fingerprint density at radius 2 is 2.00 bits per heavy atom. The van der Waals surface area contributed by atoms with Crippen molar-refractivity contribution >= 4 is 29.1 Å². The number of rotatable bonds is 5. The van der Waals surface area contributed by atoms with Crippen LogP contribution in [0.15, 0.2) is 69.9 Å². The highest BCUT2D eigenvalue weighted by Crippen LogP contribution is 2.25. The minimum atomic E-state index is -0.506. The molecule has 1 aromatic carbocycles. The van der Waals surface area contributed by atoms with E-state index in [0.29, 0.717) is 28.5 Å². The fraction of sp³-hybridized carbons (Fsp3) is 0.105. The second-order valence-corrected chi connectivity index (χ2v) is 6.15. The van der Waals surface area contributed by atoms with Gasteiger partial charge in [0.1, 0.15) is 23.9 Å². The molecule has 4 rings (SSSR count). The van der Waals surface area contributed by atoms with Crippen molar-refractivity contribution in [2.24, 2.45) is 5.10 Å². The second-order valence-electron chi connectivity index (χ2n) is 6.15. The predicted molar refractivity (Wildman–Crippen MR) is 102 cm³/mol. The smallest absolute Gasteiger partial charge is 0.307 e. The fourth-order valence-electron chi connectivity index (χ4n) is 2.82. The molecule has 0 unspecified atom stereocenters. The van der Waals surface area contributed by atoms with E-state index < -0.39 is 4.92 Å². The molecule has 0 aliphatic carbocycles. The van der Waals surface area contributed by atoms with Gasteiger partial charge in [-0.15, -0.1) is 0 Å². The van der Waals surface area contributed by atoms with Gasteiger partial charge in [0.05, 0.1) is 28.4 Å². The highest BCUT2D eigenvalue weighted by Gasteiger charge is 2.28. The maximum absolute atomic E-state index is 12.7. The molecule has 0 radical (unpaired) electrons. The van der Waals surface area contributed by atoms with Gasteiger partial charge in [0, 0.05) is 0 Å². The molecule has 0 bridgehead atoms. The van der Waals surface area contributed by atoms with Crippen LogP contribution in [0.25, 0.3) is 6.08 Å². The zero-order chi connectivity index (χ0) is 19.7. The summed E-state index contributed by atoms with van der Waals surface area (Å²) in [4.78, 5) is 22.9. The van der Waals surface area contributed by atoms with Crippen LogP contribution in [-0.4, -0.2) is 26.3 Å². The third kappa shape index (κ3) is 3.32. The van der Waals surface area contributed by atoms with Gasteiger partial charge in [-0.2, -0.15) is 15.2 Å². The number of para-hydroxylation sites is 1. The lowest BCUT2D eigenvalue weighted by molar-refractivity contribution is -0.385. The van der Waals surface area contributed by atoms with Gasteiger partial charge in [0.25, 0.3) is 5.91 Å². The predicted octanol–water partition coefficient (Wildman–Crippen LogP) is 3.24. The normalized spacial score (nSPS) is 15.3. The van der Waals surface area contributed by atoms with Crippen molar-refractivity contribution in [3.8, 4) is 0 Å². The molecule has 1 amide bonds. The summed E-state index contributed by atoms with van der Waals surface area (Å²) in [5.74, 6) is 0.818. The monoisotopic (exact) mass is 377 g/mol. The topological polar surface area (TPSA) is 107 Å². The molecule has 140 valence electrons. The number of benzene rings is 1. The van der Waals surface area contributed by atoms with Gasteiger partial charge in [-0.3, -0.25) is 19.6 Å². The molecule has 0 saturated heterocycles.